The monoisotopic (exact) mass is 191 g/mol. The molecular formula is C11H13NO2. The molecule has 0 atom stereocenters. The molecule has 0 aromatic heterocycles. The van der Waals surface area contributed by atoms with E-state index in [2.05, 4.69) is 0 Å². The van der Waals surface area contributed by atoms with Crippen LogP contribution in [0.2, 0.25) is 0 Å². The molecule has 1 aromatic carbocycles. The van der Waals surface area contributed by atoms with Crippen molar-refractivity contribution in [2.75, 3.05) is 14.1 Å². The lowest BCUT2D eigenvalue weighted by Gasteiger charge is -2.03. The Hall–Kier alpha value is -1.77. The first-order valence-corrected chi connectivity index (χ1v) is 4.28. The molecule has 0 bridgehead atoms. The van der Waals surface area contributed by atoms with Crippen molar-refractivity contribution in [1.82, 2.24) is 4.90 Å². The van der Waals surface area contributed by atoms with E-state index in [9.17, 15) is 9.90 Å². The van der Waals surface area contributed by atoms with Gasteiger partial charge in [-0.2, -0.15) is 0 Å². The number of benzene rings is 1. The van der Waals surface area contributed by atoms with Crippen molar-refractivity contribution in [2.24, 2.45) is 0 Å². The van der Waals surface area contributed by atoms with Gasteiger partial charge in [-0.15, -0.1) is 0 Å². The predicted octanol–water partition coefficient (Wildman–Crippen LogP) is 1.65. The van der Waals surface area contributed by atoms with Crippen LogP contribution in [0, 0.1) is 0 Å². The zero-order chi connectivity index (χ0) is 10.6. The molecule has 1 N–H and O–H groups in total. The first kappa shape index (κ1) is 10.3. The minimum absolute atomic E-state index is 0.0147. The summed E-state index contributed by atoms with van der Waals surface area (Å²) in [5.41, 5.74) is 0.325. The number of phenols is 1. The number of allylic oxidation sites excluding steroid dienone is 1. The van der Waals surface area contributed by atoms with E-state index in [0.717, 1.165) is 0 Å². The normalized spacial score (nSPS) is 10.4. The summed E-state index contributed by atoms with van der Waals surface area (Å²) in [5, 5.41) is 9.38. The van der Waals surface area contributed by atoms with Gasteiger partial charge in [0.25, 0.3) is 0 Å². The Morgan fingerprint density at radius 2 is 2.00 bits per heavy atom. The van der Waals surface area contributed by atoms with E-state index in [-0.39, 0.29) is 11.5 Å². The number of hydrogen-bond donors (Lipinski definition) is 1. The Balaban J connectivity index is 2.85. The van der Waals surface area contributed by atoms with Crippen molar-refractivity contribution in [1.29, 1.82) is 0 Å². The summed E-state index contributed by atoms with van der Waals surface area (Å²) in [6, 6.07) is 6.49. The molecule has 74 valence electrons. The van der Waals surface area contributed by atoms with Crippen molar-refractivity contribution in [3.63, 3.8) is 0 Å². The fraction of sp³-hybridized carbons (Fsp3) is 0.182. The van der Waals surface area contributed by atoms with Crippen molar-refractivity contribution >= 4 is 5.78 Å². The average molecular weight is 191 g/mol. The van der Waals surface area contributed by atoms with Gasteiger partial charge in [0.05, 0.1) is 5.56 Å². The Labute approximate surface area is 83.3 Å². The van der Waals surface area contributed by atoms with Gasteiger partial charge >= 0.3 is 0 Å². The van der Waals surface area contributed by atoms with Crippen LogP contribution in [0.15, 0.2) is 36.5 Å². The van der Waals surface area contributed by atoms with Gasteiger partial charge in [-0.1, -0.05) is 12.1 Å². The highest BCUT2D eigenvalue weighted by atomic mass is 16.3. The summed E-state index contributed by atoms with van der Waals surface area (Å²) in [7, 11) is 3.66. The number of carbonyl (C=O) groups is 1. The second-order valence-corrected chi connectivity index (χ2v) is 3.16. The summed E-state index contributed by atoms with van der Waals surface area (Å²) in [6.07, 6.45) is 3.07. The molecule has 3 heteroatoms. The van der Waals surface area contributed by atoms with E-state index in [1.165, 1.54) is 12.1 Å². The number of nitrogens with zero attached hydrogens (tertiary/aromatic N) is 1. The zero-order valence-corrected chi connectivity index (χ0v) is 8.27. The van der Waals surface area contributed by atoms with Crippen LogP contribution < -0.4 is 0 Å². The zero-order valence-electron chi connectivity index (χ0n) is 8.27. The van der Waals surface area contributed by atoms with Gasteiger partial charge in [0.15, 0.2) is 5.78 Å². The molecule has 0 spiro atoms. The number of aromatic hydroxyl groups is 1. The van der Waals surface area contributed by atoms with Gasteiger partial charge in [-0.05, 0) is 12.1 Å². The topological polar surface area (TPSA) is 40.5 Å². The van der Waals surface area contributed by atoms with Crippen LogP contribution in [0.25, 0.3) is 0 Å². The summed E-state index contributed by atoms with van der Waals surface area (Å²) in [4.78, 5) is 13.3. The van der Waals surface area contributed by atoms with Crippen LogP contribution in [0.5, 0.6) is 5.75 Å². The molecule has 1 aromatic rings. The third kappa shape index (κ3) is 2.62. The fourth-order valence-corrected chi connectivity index (χ4v) is 0.989. The molecule has 0 amide bonds. The lowest BCUT2D eigenvalue weighted by molar-refractivity contribution is 0.104. The average Bonchev–Trinajstić information content (AvgIpc) is 2.15. The van der Waals surface area contributed by atoms with Crippen molar-refractivity contribution in [2.45, 2.75) is 0 Å². The number of hydrogen-bond acceptors (Lipinski definition) is 3. The number of ketones is 1. The molecule has 0 aliphatic rings. The van der Waals surface area contributed by atoms with Crippen molar-refractivity contribution < 1.29 is 9.90 Å². The standard InChI is InChI=1S/C11H13NO2/c1-12(2)8-7-11(14)9-5-3-4-6-10(9)13/h3-8,13H,1-2H3/b8-7+. The van der Waals surface area contributed by atoms with Gasteiger partial charge in [-0.3, -0.25) is 4.79 Å². The number of phenolic OH excluding ortho intramolecular Hbond substituents is 1. The van der Waals surface area contributed by atoms with Gasteiger partial charge in [-0.25, -0.2) is 0 Å². The Bertz CT molecular complexity index is 356. The van der Waals surface area contributed by atoms with Crippen molar-refractivity contribution in [3.05, 3.63) is 42.1 Å². The third-order valence-corrected chi connectivity index (χ3v) is 1.69. The number of carbonyl (C=O) groups excluding carboxylic acids is 1. The second-order valence-electron chi connectivity index (χ2n) is 3.16. The van der Waals surface area contributed by atoms with Crippen LogP contribution in [-0.2, 0) is 0 Å². The molecular weight excluding hydrogens is 178 g/mol. The predicted molar refractivity (Wildman–Crippen MR) is 55.3 cm³/mol. The number of para-hydroxylation sites is 1. The molecule has 0 aliphatic heterocycles. The van der Waals surface area contributed by atoms with E-state index in [1.54, 1.807) is 29.3 Å². The van der Waals surface area contributed by atoms with E-state index in [4.69, 9.17) is 0 Å². The van der Waals surface area contributed by atoms with Gasteiger partial charge in [0.1, 0.15) is 5.75 Å². The summed E-state index contributed by atoms with van der Waals surface area (Å²) >= 11 is 0. The quantitative estimate of drug-likeness (QED) is 0.583. The molecule has 0 unspecified atom stereocenters. The molecule has 0 aliphatic carbocycles. The minimum atomic E-state index is -0.197. The van der Waals surface area contributed by atoms with Crippen LogP contribution in [0.3, 0.4) is 0 Å². The largest absolute Gasteiger partial charge is 0.507 e. The summed E-state index contributed by atoms with van der Waals surface area (Å²) in [5.74, 6) is -0.183. The summed E-state index contributed by atoms with van der Waals surface area (Å²) < 4.78 is 0. The SMILES string of the molecule is CN(C)/C=C/C(=O)c1ccccc1O. The van der Waals surface area contributed by atoms with Crippen LogP contribution in [0.1, 0.15) is 10.4 Å². The first-order valence-electron chi connectivity index (χ1n) is 4.28. The number of rotatable bonds is 3. The van der Waals surface area contributed by atoms with Crippen LogP contribution in [0.4, 0.5) is 0 Å². The second kappa shape index (κ2) is 4.46. The first-order chi connectivity index (χ1) is 6.61. The lowest BCUT2D eigenvalue weighted by atomic mass is 10.1. The Kier molecular flexibility index (Phi) is 3.29. The molecule has 0 radical (unpaired) electrons. The molecule has 0 heterocycles. The van der Waals surface area contributed by atoms with Crippen LogP contribution >= 0.6 is 0 Å². The lowest BCUT2D eigenvalue weighted by Crippen LogP contribution is -2.03. The molecule has 14 heavy (non-hydrogen) atoms. The van der Waals surface area contributed by atoms with E-state index < -0.39 is 0 Å². The van der Waals surface area contributed by atoms with E-state index >= 15 is 0 Å². The van der Waals surface area contributed by atoms with E-state index in [0.29, 0.717) is 5.56 Å². The fourth-order valence-electron chi connectivity index (χ4n) is 0.989. The van der Waals surface area contributed by atoms with Gasteiger partial charge in [0, 0.05) is 26.4 Å². The van der Waals surface area contributed by atoms with Crippen LogP contribution in [-0.4, -0.2) is 29.9 Å². The maximum atomic E-state index is 11.5. The minimum Gasteiger partial charge on any atom is -0.507 e. The van der Waals surface area contributed by atoms with E-state index in [1.807, 2.05) is 14.1 Å². The highest BCUT2D eigenvalue weighted by Gasteiger charge is 2.05. The van der Waals surface area contributed by atoms with Crippen molar-refractivity contribution in [3.8, 4) is 5.75 Å². The maximum absolute atomic E-state index is 11.5. The molecule has 0 saturated carbocycles. The molecule has 3 nitrogen and oxygen atoms in total. The molecule has 1 rings (SSSR count). The summed E-state index contributed by atoms with van der Waals surface area (Å²) in [6.45, 7) is 0. The highest BCUT2D eigenvalue weighted by Crippen LogP contribution is 2.16. The maximum Gasteiger partial charge on any atom is 0.190 e. The molecule has 0 saturated heterocycles. The Morgan fingerprint density at radius 1 is 1.36 bits per heavy atom. The Morgan fingerprint density at radius 3 is 2.57 bits per heavy atom. The van der Waals surface area contributed by atoms with Gasteiger partial charge < -0.3 is 10.0 Å². The smallest absolute Gasteiger partial charge is 0.190 e. The van der Waals surface area contributed by atoms with Gasteiger partial charge in [0.2, 0.25) is 0 Å². The molecule has 0 fully saturated rings. The third-order valence-electron chi connectivity index (χ3n) is 1.69. The highest BCUT2D eigenvalue weighted by molar-refractivity contribution is 6.06.